The van der Waals surface area contributed by atoms with Crippen LogP contribution in [-0.4, -0.2) is 23.8 Å². The topological polar surface area (TPSA) is 69.9 Å². The van der Waals surface area contributed by atoms with Crippen LogP contribution in [0.15, 0.2) is 87.8 Å². The molecule has 0 amide bonds. The molecule has 0 radical (unpaired) electrons. The fourth-order valence-corrected chi connectivity index (χ4v) is 5.63. The van der Waals surface area contributed by atoms with Gasteiger partial charge < -0.3 is 9.47 Å². The van der Waals surface area contributed by atoms with E-state index in [0.29, 0.717) is 33.0 Å². The summed E-state index contributed by atoms with van der Waals surface area (Å²) in [6, 6.07) is 20.9. The van der Waals surface area contributed by atoms with E-state index in [2.05, 4.69) is 4.99 Å². The minimum absolute atomic E-state index is 0.211. The SMILES string of the molecule is CCOC(=O)C1=C(C)N=c2s/c(=C\c3cccc4ccccc34)c(=O)n2[C@H]1c1ccccc1OCC. The number of para-hydroxylation sites is 1. The van der Waals surface area contributed by atoms with Crippen molar-refractivity contribution in [2.45, 2.75) is 26.8 Å². The first-order valence-corrected chi connectivity index (χ1v) is 12.7. The normalized spacial score (nSPS) is 15.5. The van der Waals surface area contributed by atoms with E-state index < -0.39 is 12.0 Å². The molecule has 0 saturated carbocycles. The number of ether oxygens (including phenoxy) is 2. The van der Waals surface area contributed by atoms with Crippen LogP contribution in [0.4, 0.5) is 0 Å². The molecule has 0 fully saturated rings. The van der Waals surface area contributed by atoms with Gasteiger partial charge in [0.25, 0.3) is 5.56 Å². The molecule has 36 heavy (non-hydrogen) atoms. The van der Waals surface area contributed by atoms with Crippen molar-refractivity contribution >= 4 is 34.2 Å². The van der Waals surface area contributed by atoms with Crippen LogP contribution in [0.3, 0.4) is 0 Å². The largest absolute Gasteiger partial charge is 0.494 e. The third-order valence-corrected chi connectivity index (χ3v) is 7.12. The van der Waals surface area contributed by atoms with E-state index in [1.54, 1.807) is 18.4 Å². The van der Waals surface area contributed by atoms with Gasteiger partial charge in [0.2, 0.25) is 0 Å². The number of fused-ring (bicyclic) bond motifs is 2. The van der Waals surface area contributed by atoms with E-state index in [9.17, 15) is 9.59 Å². The number of carbonyl (C=O) groups is 1. The van der Waals surface area contributed by atoms with Gasteiger partial charge in [-0.15, -0.1) is 0 Å². The maximum atomic E-state index is 13.9. The first-order chi connectivity index (χ1) is 17.5. The van der Waals surface area contributed by atoms with E-state index >= 15 is 0 Å². The summed E-state index contributed by atoms with van der Waals surface area (Å²) in [5.74, 6) is 0.128. The summed E-state index contributed by atoms with van der Waals surface area (Å²) in [6.07, 6.45) is 1.90. The number of nitrogens with zero attached hydrogens (tertiary/aromatic N) is 2. The molecule has 0 unspecified atom stereocenters. The van der Waals surface area contributed by atoms with Crippen molar-refractivity contribution in [1.82, 2.24) is 4.57 Å². The standard InChI is InChI=1S/C29H26N2O4S/c1-4-34-23-16-9-8-15-22(23)26-25(28(33)35-5-2)18(3)30-29-31(26)27(32)24(36-29)17-20-13-10-12-19-11-6-7-14-21(19)20/h6-17,26H,4-5H2,1-3H3/b24-17-/t26-/m0/s1. The fourth-order valence-electron chi connectivity index (χ4n) is 4.60. The summed E-state index contributed by atoms with van der Waals surface area (Å²) >= 11 is 1.31. The van der Waals surface area contributed by atoms with Gasteiger partial charge in [-0.2, -0.15) is 0 Å². The van der Waals surface area contributed by atoms with Gasteiger partial charge in [-0.1, -0.05) is 72.0 Å². The number of rotatable bonds is 6. The highest BCUT2D eigenvalue weighted by atomic mass is 32.1. The van der Waals surface area contributed by atoms with Crippen LogP contribution in [0, 0.1) is 0 Å². The van der Waals surface area contributed by atoms with Crippen LogP contribution in [0.2, 0.25) is 0 Å². The predicted molar refractivity (Wildman–Crippen MR) is 142 cm³/mol. The van der Waals surface area contributed by atoms with E-state index in [1.165, 1.54) is 11.3 Å². The molecule has 3 aromatic carbocycles. The molecule has 0 saturated heterocycles. The molecule has 0 spiro atoms. The smallest absolute Gasteiger partial charge is 0.338 e. The molecule has 0 bridgehead atoms. The lowest BCUT2D eigenvalue weighted by atomic mass is 9.95. The van der Waals surface area contributed by atoms with Gasteiger partial charge >= 0.3 is 5.97 Å². The second-order valence-corrected chi connectivity index (χ2v) is 9.35. The Morgan fingerprint density at radius 3 is 2.58 bits per heavy atom. The number of carbonyl (C=O) groups excluding carboxylic acids is 1. The van der Waals surface area contributed by atoms with Crippen LogP contribution >= 0.6 is 11.3 Å². The van der Waals surface area contributed by atoms with Gasteiger partial charge in [0, 0.05) is 5.56 Å². The molecule has 5 rings (SSSR count). The molecule has 1 aliphatic rings. The molecule has 0 N–H and O–H groups in total. The summed E-state index contributed by atoms with van der Waals surface area (Å²) in [4.78, 5) is 32.2. The fraction of sp³-hybridized carbons (Fsp3) is 0.207. The van der Waals surface area contributed by atoms with Gasteiger partial charge in [0.1, 0.15) is 11.8 Å². The Morgan fingerprint density at radius 2 is 1.78 bits per heavy atom. The summed E-state index contributed by atoms with van der Waals surface area (Å²) in [7, 11) is 0. The summed E-state index contributed by atoms with van der Waals surface area (Å²) in [6.45, 7) is 6.12. The quantitative estimate of drug-likeness (QED) is 0.371. The summed E-state index contributed by atoms with van der Waals surface area (Å²) < 4.78 is 13.4. The van der Waals surface area contributed by atoms with Crippen molar-refractivity contribution in [3.63, 3.8) is 0 Å². The number of aromatic nitrogens is 1. The lowest BCUT2D eigenvalue weighted by Gasteiger charge is -2.26. The van der Waals surface area contributed by atoms with Crippen molar-refractivity contribution in [2.24, 2.45) is 4.99 Å². The van der Waals surface area contributed by atoms with Crippen molar-refractivity contribution in [1.29, 1.82) is 0 Å². The van der Waals surface area contributed by atoms with E-state index in [1.807, 2.05) is 79.7 Å². The van der Waals surface area contributed by atoms with Crippen molar-refractivity contribution < 1.29 is 14.3 Å². The third-order valence-electron chi connectivity index (χ3n) is 6.14. The lowest BCUT2D eigenvalue weighted by Crippen LogP contribution is -2.40. The number of hydrogen-bond donors (Lipinski definition) is 0. The van der Waals surface area contributed by atoms with Crippen LogP contribution < -0.4 is 19.6 Å². The van der Waals surface area contributed by atoms with Gasteiger partial charge in [-0.05, 0) is 49.2 Å². The van der Waals surface area contributed by atoms with Gasteiger partial charge in [0.05, 0.1) is 29.0 Å². The second kappa shape index (κ2) is 9.95. The van der Waals surface area contributed by atoms with Crippen molar-refractivity contribution in [2.75, 3.05) is 13.2 Å². The molecule has 6 nitrogen and oxygen atoms in total. The summed E-state index contributed by atoms with van der Waals surface area (Å²) in [5.41, 5.74) is 2.33. The number of allylic oxidation sites excluding steroid dienone is 1. The van der Waals surface area contributed by atoms with Crippen LogP contribution in [-0.2, 0) is 9.53 Å². The molecule has 1 aromatic heterocycles. The van der Waals surface area contributed by atoms with E-state index in [4.69, 9.17) is 9.47 Å². The van der Waals surface area contributed by atoms with Crippen LogP contribution in [0.5, 0.6) is 5.75 Å². The molecular weight excluding hydrogens is 472 g/mol. The minimum Gasteiger partial charge on any atom is -0.494 e. The Hall–Kier alpha value is -3.97. The van der Waals surface area contributed by atoms with Gasteiger partial charge in [-0.3, -0.25) is 9.36 Å². The highest BCUT2D eigenvalue weighted by molar-refractivity contribution is 7.07. The Kier molecular flexibility index (Phi) is 6.57. The molecule has 7 heteroatoms. The predicted octanol–water partition coefficient (Wildman–Crippen LogP) is 4.35. The Balaban J connectivity index is 1.77. The number of hydrogen-bond acceptors (Lipinski definition) is 6. The zero-order chi connectivity index (χ0) is 25.2. The molecule has 182 valence electrons. The Morgan fingerprint density at radius 1 is 1.03 bits per heavy atom. The number of esters is 1. The zero-order valence-electron chi connectivity index (χ0n) is 20.4. The van der Waals surface area contributed by atoms with E-state index in [0.717, 1.165) is 21.9 Å². The highest BCUT2D eigenvalue weighted by Crippen LogP contribution is 2.35. The molecule has 4 aromatic rings. The second-order valence-electron chi connectivity index (χ2n) is 8.34. The van der Waals surface area contributed by atoms with Crippen molar-refractivity contribution in [3.05, 3.63) is 109 Å². The minimum atomic E-state index is -0.710. The molecule has 1 atom stereocenters. The molecule has 2 heterocycles. The monoisotopic (exact) mass is 498 g/mol. The van der Waals surface area contributed by atoms with E-state index in [-0.39, 0.29) is 12.2 Å². The van der Waals surface area contributed by atoms with Crippen LogP contribution in [0.25, 0.3) is 16.8 Å². The maximum absolute atomic E-state index is 13.9. The first kappa shape index (κ1) is 23.8. The summed E-state index contributed by atoms with van der Waals surface area (Å²) in [5, 5.41) is 2.16. The first-order valence-electron chi connectivity index (χ1n) is 11.9. The lowest BCUT2D eigenvalue weighted by molar-refractivity contribution is -0.139. The van der Waals surface area contributed by atoms with Crippen molar-refractivity contribution in [3.8, 4) is 5.75 Å². The number of thiazole rings is 1. The average Bonchev–Trinajstić information content (AvgIpc) is 3.18. The Labute approximate surface area is 212 Å². The Bertz CT molecular complexity index is 1670. The number of benzene rings is 3. The van der Waals surface area contributed by atoms with Gasteiger partial charge in [0.15, 0.2) is 4.80 Å². The highest BCUT2D eigenvalue weighted by Gasteiger charge is 2.35. The third kappa shape index (κ3) is 4.16. The average molecular weight is 499 g/mol. The molecular formula is C29H26N2O4S. The molecule has 1 aliphatic heterocycles. The van der Waals surface area contributed by atoms with Gasteiger partial charge in [-0.25, -0.2) is 9.79 Å². The maximum Gasteiger partial charge on any atom is 0.338 e. The zero-order valence-corrected chi connectivity index (χ0v) is 21.2. The van der Waals surface area contributed by atoms with Crippen LogP contribution in [0.1, 0.15) is 37.9 Å². The molecule has 0 aliphatic carbocycles.